The molecule has 0 fully saturated rings. The van der Waals surface area contributed by atoms with Crippen molar-refractivity contribution in [2.75, 3.05) is 26.0 Å². The highest BCUT2D eigenvalue weighted by Crippen LogP contribution is 2.36. The maximum absolute atomic E-state index is 11.6. The smallest absolute Gasteiger partial charge is 0.243 e. The van der Waals surface area contributed by atoms with Crippen LogP contribution in [0.4, 0.5) is 0 Å². The third-order valence-electron chi connectivity index (χ3n) is 2.64. The number of nitrogens with zero attached hydrogens (tertiary/aromatic N) is 1. The van der Waals surface area contributed by atoms with E-state index in [1.807, 2.05) is 30.3 Å². The molecular formula is C14H22NO3P. The fourth-order valence-corrected chi connectivity index (χ4v) is 2.54. The fourth-order valence-electron chi connectivity index (χ4n) is 1.63. The quantitative estimate of drug-likeness (QED) is 0.571. The van der Waals surface area contributed by atoms with Gasteiger partial charge in [-0.05, 0) is 25.3 Å². The minimum atomic E-state index is -2.02. The molecule has 5 heteroatoms. The van der Waals surface area contributed by atoms with Gasteiger partial charge in [-0.2, -0.15) is 0 Å². The number of carbonyl (C=O) groups excluding carboxylic acids is 1. The largest absolute Gasteiger partial charge is 0.324 e. The topological polar surface area (TPSA) is 46.6 Å². The molecule has 0 spiro atoms. The number of carbonyl (C=O) groups is 1. The van der Waals surface area contributed by atoms with Crippen LogP contribution in [0.15, 0.2) is 30.3 Å². The van der Waals surface area contributed by atoms with Crippen molar-refractivity contribution in [1.82, 2.24) is 5.06 Å². The van der Waals surface area contributed by atoms with E-state index in [0.717, 1.165) is 5.56 Å². The van der Waals surface area contributed by atoms with Crippen LogP contribution in [0.1, 0.15) is 18.9 Å². The van der Waals surface area contributed by atoms with Crippen LogP contribution >= 0.6 is 7.14 Å². The van der Waals surface area contributed by atoms with Crippen LogP contribution in [0, 0.1) is 0 Å². The minimum absolute atomic E-state index is 0.127. The van der Waals surface area contributed by atoms with Gasteiger partial charge in [-0.25, -0.2) is 5.06 Å². The molecule has 4 nitrogen and oxygen atoms in total. The molecule has 1 amide bonds. The zero-order valence-electron chi connectivity index (χ0n) is 11.8. The van der Waals surface area contributed by atoms with Gasteiger partial charge < -0.3 is 4.57 Å². The van der Waals surface area contributed by atoms with E-state index in [2.05, 4.69) is 0 Å². The van der Waals surface area contributed by atoms with E-state index in [0.29, 0.717) is 25.7 Å². The third kappa shape index (κ3) is 7.14. The molecule has 0 N–H and O–H groups in total. The second-order valence-electron chi connectivity index (χ2n) is 5.03. The second-order valence-corrected chi connectivity index (χ2v) is 8.63. The Kier molecular flexibility index (Phi) is 6.26. The summed E-state index contributed by atoms with van der Waals surface area (Å²) in [7, 11) is -2.02. The van der Waals surface area contributed by atoms with Crippen molar-refractivity contribution in [2.45, 2.75) is 20.0 Å². The van der Waals surface area contributed by atoms with Crippen molar-refractivity contribution < 1.29 is 14.2 Å². The highest BCUT2D eigenvalue weighted by Gasteiger charge is 2.12. The fraction of sp³-hybridized carbons (Fsp3) is 0.500. The molecule has 0 aliphatic heterocycles. The number of hydrogen-bond donors (Lipinski definition) is 0. The van der Waals surface area contributed by atoms with Crippen LogP contribution in [-0.2, 0) is 20.8 Å². The molecular weight excluding hydrogens is 261 g/mol. The molecule has 1 aromatic carbocycles. The number of benzene rings is 1. The Balaban J connectivity index is 2.41. The monoisotopic (exact) mass is 283 g/mol. The summed E-state index contributed by atoms with van der Waals surface area (Å²) in [5, 5.41) is 1.35. The average Bonchev–Trinajstić information content (AvgIpc) is 2.33. The van der Waals surface area contributed by atoms with E-state index >= 15 is 0 Å². The van der Waals surface area contributed by atoms with Crippen molar-refractivity contribution in [3.05, 3.63) is 35.9 Å². The molecule has 106 valence electrons. The summed E-state index contributed by atoms with van der Waals surface area (Å²) in [6, 6.07) is 9.70. The van der Waals surface area contributed by atoms with Gasteiger partial charge in [0.25, 0.3) is 0 Å². The Labute approximate surface area is 115 Å². The SMILES string of the molecule is CC(=O)N(CCCP(C)(C)=O)OCc1ccccc1. The normalized spacial score (nSPS) is 11.3. The molecule has 0 atom stereocenters. The van der Waals surface area contributed by atoms with Crippen molar-refractivity contribution in [3.63, 3.8) is 0 Å². The van der Waals surface area contributed by atoms with Crippen molar-refractivity contribution >= 4 is 13.0 Å². The molecule has 0 aliphatic carbocycles. The molecule has 0 aromatic heterocycles. The summed E-state index contributed by atoms with van der Waals surface area (Å²) in [4.78, 5) is 17.0. The number of rotatable bonds is 7. The highest BCUT2D eigenvalue weighted by molar-refractivity contribution is 7.62. The van der Waals surface area contributed by atoms with E-state index in [4.69, 9.17) is 4.84 Å². The second kappa shape index (κ2) is 7.46. The minimum Gasteiger partial charge on any atom is -0.324 e. The van der Waals surface area contributed by atoms with Crippen LogP contribution in [0.5, 0.6) is 0 Å². The number of hydrogen-bond acceptors (Lipinski definition) is 3. The van der Waals surface area contributed by atoms with Crippen molar-refractivity contribution in [2.24, 2.45) is 0 Å². The van der Waals surface area contributed by atoms with Crippen LogP contribution in [0.2, 0.25) is 0 Å². The Morgan fingerprint density at radius 1 is 1.26 bits per heavy atom. The summed E-state index contributed by atoms with van der Waals surface area (Å²) in [6.45, 7) is 5.85. The first kappa shape index (κ1) is 15.9. The zero-order valence-corrected chi connectivity index (χ0v) is 12.7. The Hall–Kier alpha value is -1.12. The van der Waals surface area contributed by atoms with E-state index < -0.39 is 7.14 Å². The van der Waals surface area contributed by atoms with E-state index in [1.54, 1.807) is 13.3 Å². The molecule has 1 aromatic rings. The van der Waals surface area contributed by atoms with E-state index in [9.17, 15) is 9.36 Å². The number of amides is 1. The zero-order chi connectivity index (χ0) is 14.3. The molecule has 0 saturated heterocycles. The maximum Gasteiger partial charge on any atom is 0.243 e. The highest BCUT2D eigenvalue weighted by atomic mass is 31.2. The molecule has 0 bridgehead atoms. The molecule has 0 saturated carbocycles. The summed E-state index contributed by atoms with van der Waals surface area (Å²) in [5.74, 6) is -0.127. The van der Waals surface area contributed by atoms with Crippen molar-refractivity contribution in [1.29, 1.82) is 0 Å². The van der Waals surface area contributed by atoms with E-state index in [-0.39, 0.29) is 5.91 Å². The summed E-state index contributed by atoms with van der Waals surface area (Å²) in [5.41, 5.74) is 1.02. The Morgan fingerprint density at radius 2 is 1.89 bits per heavy atom. The first-order chi connectivity index (χ1) is 8.88. The average molecular weight is 283 g/mol. The van der Waals surface area contributed by atoms with Crippen LogP contribution in [0.25, 0.3) is 0 Å². The molecule has 0 aliphatic rings. The molecule has 0 heterocycles. The standard InChI is InChI=1S/C14H22NO3P/c1-13(16)15(10-7-11-19(2,3)17)18-12-14-8-5-4-6-9-14/h4-6,8-9H,7,10-12H2,1-3H3. The lowest BCUT2D eigenvalue weighted by Crippen LogP contribution is -2.30. The lowest BCUT2D eigenvalue weighted by Gasteiger charge is -2.20. The van der Waals surface area contributed by atoms with Gasteiger partial charge in [0.15, 0.2) is 0 Å². The Bertz CT molecular complexity index is 441. The van der Waals surface area contributed by atoms with Gasteiger partial charge in [0.05, 0.1) is 7.14 Å². The molecule has 0 unspecified atom stereocenters. The Morgan fingerprint density at radius 3 is 2.42 bits per heavy atom. The molecule has 1 rings (SSSR count). The van der Waals surface area contributed by atoms with Gasteiger partial charge in [0.2, 0.25) is 5.91 Å². The predicted molar refractivity (Wildman–Crippen MR) is 77.6 cm³/mol. The lowest BCUT2D eigenvalue weighted by atomic mass is 10.2. The van der Waals surface area contributed by atoms with E-state index in [1.165, 1.54) is 12.0 Å². The third-order valence-corrected chi connectivity index (χ3v) is 4.03. The van der Waals surface area contributed by atoms with Gasteiger partial charge in [0.1, 0.15) is 6.61 Å². The first-order valence-electron chi connectivity index (χ1n) is 6.37. The van der Waals surface area contributed by atoms with Gasteiger partial charge in [-0.3, -0.25) is 9.63 Å². The van der Waals surface area contributed by atoms with Crippen molar-refractivity contribution in [3.8, 4) is 0 Å². The van der Waals surface area contributed by atoms with Crippen LogP contribution in [-0.4, -0.2) is 37.0 Å². The predicted octanol–water partition coefficient (Wildman–Crippen LogP) is 2.98. The maximum atomic E-state index is 11.6. The van der Waals surface area contributed by atoms with Gasteiger partial charge >= 0.3 is 0 Å². The molecule has 0 radical (unpaired) electrons. The number of hydroxylamine groups is 2. The first-order valence-corrected chi connectivity index (χ1v) is 9.16. The van der Waals surface area contributed by atoms with Gasteiger partial charge in [-0.1, -0.05) is 30.3 Å². The lowest BCUT2D eigenvalue weighted by molar-refractivity contribution is -0.189. The van der Waals surface area contributed by atoms with Gasteiger partial charge in [-0.15, -0.1) is 0 Å². The summed E-state index contributed by atoms with van der Waals surface area (Å²) in [6.07, 6.45) is 1.32. The summed E-state index contributed by atoms with van der Waals surface area (Å²) < 4.78 is 11.6. The van der Waals surface area contributed by atoms with Gasteiger partial charge in [0, 0.05) is 19.6 Å². The van der Waals surface area contributed by atoms with Crippen LogP contribution < -0.4 is 0 Å². The summed E-state index contributed by atoms with van der Waals surface area (Å²) >= 11 is 0. The van der Waals surface area contributed by atoms with Crippen LogP contribution in [0.3, 0.4) is 0 Å². The molecule has 19 heavy (non-hydrogen) atoms.